The predicted molar refractivity (Wildman–Crippen MR) is 82.7 cm³/mol. The zero-order valence-corrected chi connectivity index (χ0v) is 13.9. The van der Waals surface area contributed by atoms with E-state index in [0.29, 0.717) is 17.5 Å². The molecule has 130 valence electrons. The van der Waals surface area contributed by atoms with E-state index >= 15 is 0 Å². The van der Waals surface area contributed by atoms with Crippen LogP contribution >= 0.6 is 0 Å². The van der Waals surface area contributed by atoms with E-state index in [2.05, 4.69) is 0 Å². The average Bonchev–Trinajstić information content (AvgIpc) is 2.61. The summed E-state index contributed by atoms with van der Waals surface area (Å²) in [5.41, 5.74) is 0.638. The number of piperidine rings is 1. The number of carbonyl (C=O) groups excluding carboxylic acids is 3. The minimum atomic E-state index is -0.870. The number of halogens is 1. The molecule has 1 aliphatic heterocycles. The molecule has 1 heterocycles. The zero-order valence-electron chi connectivity index (χ0n) is 13.9. The molecule has 7 heteroatoms. The number of nitrogens with zero attached hydrogens (tertiary/aromatic N) is 1. The van der Waals surface area contributed by atoms with Gasteiger partial charge in [0.15, 0.2) is 0 Å². The van der Waals surface area contributed by atoms with Crippen LogP contribution in [-0.4, -0.2) is 49.6 Å². The first-order valence-corrected chi connectivity index (χ1v) is 7.61. The zero-order chi connectivity index (χ0) is 17.9. The van der Waals surface area contributed by atoms with Crippen molar-refractivity contribution in [3.05, 3.63) is 35.1 Å². The van der Waals surface area contributed by atoms with Crippen molar-refractivity contribution >= 4 is 17.8 Å². The van der Waals surface area contributed by atoms with Crippen LogP contribution < -0.4 is 0 Å². The fourth-order valence-corrected chi connectivity index (χ4v) is 2.89. The molecule has 1 saturated heterocycles. The Morgan fingerprint density at radius 1 is 1.17 bits per heavy atom. The molecule has 0 saturated carbocycles. The molecule has 1 aliphatic rings. The summed E-state index contributed by atoms with van der Waals surface area (Å²) < 4.78 is 22.9. The van der Waals surface area contributed by atoms with Crippen molar-refractivity contribution in [3.8, 4) is 0 Å². The molecule has 1 fully saturated rings. The van der Waals surface area contributed by atoms with Gasteiger partial charge in [0.1, 0.15) is 11.9 Å². The number of esters is 2. The molecule has 0 N–H and O–H groups in total. The highest BCUT2D eigenvalue weighted by atomic mass is 19.1. The standard InChI is InChI=1S/C17H20FNO5/c1-10-8-11(4-5-13(10)18)15(20)19-7-6-12(16(21)23-2)9-14(19)17(22)24-3/h4-5,8,12,14H,6-7,9H2,1-3H3/t12-,14+/m1/s1. The summed E-state index contributed by atoms with van der Waals surface area (Å²) in [4.78, 5) is 37.9. The Hall–Kier alpha value is -2.44. The smallest absolute Gasteiger partial charge is 0.328 e. The highest BCUT2D eigenvalue weighted by molar-refractivity contribution is 5.97. The van der Waals surface area contributed by atoms with E-state index < -0.39 is 35.6 Å². The molecule has 0 bridgehead atoms. The van der Waals surface area contributed by atoms with Crippen molar-refractivity contribution in [1.29, 1.82) is 0 Å². The monoisotopic (exact) mass is 337 g/mol. The quantitative estimate of drug-likeness (QED) is 0.785. The maximum atomic E-state index is 13.4. The van der Waals surface area contributed by atoms with Gasteiger partial charge >= 0.3 is 11.9 Å². The lowest BCUT2D eigenvalue weighted by Gasteiger charge is -2.36. The Labute approximate surface area is 139 Å². The molecule has 2 atom stereocenters. The minimum absolute atomic E-state index is 0.144. The molecular weight excluding hydrogens is 317 g/mol. The van der Waals surface area contributed by atoms with E-state index in [0.717, 1.165) is 0 Å². The maximum absolute atomic E-state index is 13.4. The summed E-state index contributed by atoms with van der Waals surface area (Å²) >= 11 is 0. The van der Waals surface area contributed by atoms with Crippen molar-refractivity contribution in [2.45, 2.75) is 25.8 Å². The van der Waals surface area contributed by atoms with Gasteiger partial charge in [-0.05, 0) is 43.5 Å². The van der Waals surface area contributed by atoms with Crippen LogP contribution in [0.15, 0.2) is 18.2 Å². The summed E-state index contributed by atoms with van der Waals surface area (Å²) in [6.45, 7) is 1.78. The van der Waals surface area contributed by atoms with Crippen LogP contribution in [0.2, 0.25) is 0 Å². The molecule has 0 aromatic heterocycles. The molecule has 0 spiro atoms. The first-order valence-electron chi connectivity index (χ1n) is 7.61. The molecule has 2 rings (SSSR count). The van der Waals surface area contributed by atoms with Gasteiger partial charge in [-0.1, -0.05) is 0 Å². The second-order valence-electron chi connectivity index (χ2n) is 5.75. The summed E-state index contributed by atoms with van der Waals surface area (Å²) in [6.07, 6.45) is 0.539. The summed E-state index contributed by atoms with van der Waals surface area (Å²) in [5, 5.41) is 0. The second kappa shape index (κ2) is 7.42. The molecule has 1 aromatic rings. The molecule has 24 heavy (non-hydrogen) atoms. The highest BCUT2D eigenvalue weighted by Crippen LogP contribution is 2.27. The molecule has 0 aliphatic carbocycles. The van der Waals surface area contributed by atoms with Gasteiger partial charge in [0.05, 0.1) is 20.1 Å². The van der Waals surface area contributed by atoms with Gasteiger partial charge in [-0.2, -0.15) is 0 Å². The molecular formula is C17H20FNO5. The predicted octanol–water partition coefficient (Wildman–Crippen LogP) is 1.70. The lowest BCUT2D eigenvalue weighted by atomic mass is 9.90. The molecule has 1 aromatic carbocycles. The molecule has 1 amide bonds. The minimum Gasteiger partial charge on any atom is -0.469 e. The van der Waals surface area contributed by atoms with Gasteiger partial charge in [-0.25, -0.2) is 9.18 Å². The van der Waals surface area contributed by atoms with Crippen LogP contribution in [0, 0.1) is 18.7 Å². The highest BCUT2D eigenvalue weighted by Gasteiger charge is 2.40. The summed E-state index contributed by atoms with van der Waals surface area (Å²) in [7, 11) is 2.52. The largest absolute Gasteiger partial charge is 0.469 e. The Kier molecular flexibility index (Phi) is 5.54. The van der Waals surface area contributed by atoms with Crippen LogP contribution in [0.5, 0.6) is 0 Å². The third-order valence-corrected chi connectivity index (χ3v) is 4.28. The summed E-state index contributed by atoms with van der Waals surface area (Å²) in [5.74, 6) is -2.25. The fraction of sp³-hybridized carbons (Fsp3) is 0.471. The topological polar surface area (TPSA) is 72.9 Å². The van der Waals surface area contributed by atoms with Crippen molar-refractivity contribution in [2.75, 3.05) is 20.8 Å². The average molecular weight is 337 g/mol. The van der Waals surface area contributed by atoms with Crippen LogP contribution in [0.25, 0.3) is 0 Å². The maximum Gasteiger partial charge on any atom is 0.328 e. The van der Waals surface area contributed by atoms with Crippen LogP contribution in [0.4, 0.5) is 4.39 Å². The fourth-order valence-electron chi connectivity index (χ4n) is 2.89. The Morgan fingerprint density at radius 2 is 1.83 bits per heavy atom. The van der Waals surface area contributed by atoms with Crippen LogP contribution in [0.3, 0.4) is 0 Å². The van der Waals surface area contributed by atoms with E-state index in [4.69, 9.17) is 9.47 Å². The van der Waals surface area contributed by atoms with Crippen molar-refractivity contribution in [3.63, 3.8) is 0 Å². The number of carbonyl (C=O) groups is 3. The first-order chi connectivity index (χ1) is 11.4. The number of ether oxygens (including phenoxy) is 2. The van der Waals surface area contributed by atoms with Crippen LogP contribution in [-0.2, 0) is 19.1 Å². The van der Waals surface area contributed by atoms with E-state index in [-0.39, 0.29) is 13.0 Å². The third-order valence-electron chi connectivity index (χ3n) is 4.28. The molecule has 0 unspecified atom stereocenters. The van der Waals surface area contributed by atoms with E-state index in [1.807, 2.05) is 0 Å². The van der Waals surface area contributed by atoms with Gasteiger partial charge in [0, 0.05) is 12.1 Å². The summed E-state index contributed by atoms with van der Waals surface area (Å²) in [6, 6.07) is 3.17. The van der Waals surface area contributed by atoms with Crippen molar-refractivity contribution < 1.29 is 28.2 Å². The SMILES string of the molecule is COC(=O)[C@@H]1CCN(C(=O)c2ccc(F)c(C)c2)[C@H](C(=O)OC)C1. The van der Waals surface area contributed by atoms with Gasteiger partial charge < -0.3 is 14.4 Å². The Morgan fingerprint density at radius 3 is 2.42 bits per heavy atom. The number of hydrogen-bond acceptors (Lipinski definition) is 5. The van der Waals surface area contributed by atoms with Gasteiger partial charge in [0.2, 0.25) is 0 Å². The van der Waals surface area contributed by atoms with Crippen molar-refractivity contribution in [1.82, 2.24) is 4.90 Å². The van der Waals surface area contributed by atoms with E-state index in [9.17, 15) is 18.8 Å². The van der Waals surface area contributed by atoms with Gasteiger partial charge in [-0.15, -0.1) is 0 Å². The van der Waals surface area contributed by atoms with Crippen LogP contribution in [0.1, 0.15) is 28.8 Å². The molecule has 6 nitrogen and oxygen atoms in total. The molecule has 0 radical (unpaired) electrons. The van der Waals surface area contributed by atoms with Gasteiger partial charge in [-0.3, -0.25) is 9.59 Å². The number of hydrogen-bond donors (Lipinski definition) is 0. The first kappa shape index (κ1) is 17.9. The van der Waals surface area contributed by atoms with E-state index in [1.165, 1.54) is 37.3 Å². The number of likely N-dealkylation sites (tertiary alicyclic amines) is 1. The number of benzene rings is 1. The number of aryl methyl sites for hydroxylation is 1. The number of methoxy groups -OCH3 is 2. The van der Waals surface area contributed by atoms with E-state index in [1.54, 1.807) is 6.92 Å². The van der Waals surface area contributed by atoms with Crippen molar-refractivity contribution in [2.24, 2.45) is 5.92 Å². The third kappa shape index (κ3) is 3.55. The second-order valence-corrected chi connectivity index (χ2v) is 5.75. The van der Waals surface area contributed by atoms with Gasteiger partial charge in [0.25, 0.3) is 5.91 Å². The lowest BCUT2D eigenvalue weighted by molar-refractivity contribution is -0.153. The Bertz CT molecular complexity index is 660. The normalized spacial score (nSPS) is 20.4. The lowest BCUT2D eigenvalue weighted by Crippen LogP contribution is -2.51. The Balaban J connectivity index is 2.26. The number of amides is 1. The number of rotatable bonds is 3.